The van der Waals surface area contributed by atoms with E-state index >= 15 is 0 Å². The van der Waals surface area contributed by atoms with Crippen molar-refractivity contribution in [2.24, 2.45) is 5.92 Å². The van der Waals surface area contributed by atoms with Crippen LogP contribution >= 0.6 is 0 Å². The standard InChI is InChI=1S/C17H24N2O5/c1-5-24-15(20)12-7-6-8-13(10-12)18-17(22)19-14(9-11(2)3)16(21)23-4/h6-8,10-11,14H,5,9H2,1-4H3,(H2,18,19,22)/t14-/m0/s1. The number of esters is 2. The number of ether oxygens (including phenoxy) is 2. The van der Waals surface area contributed by atoms with E-state index in [0.29, 0.717) is 17.7 Å². The molecule has 24 heavy (non-hydrogen) atoms. The minimum absolute atomic E-state index is 0.210. The van der Waals surface area contributed by atoms with Crippen molar-refractivity contribution in [1.29, 1.82) is 0 Å². The van der Waals surface area contributed by atoms with E-state index in [9.17, 15) is 14.4 Å². The summed E-state index contributed by atoms with van der Waals surface area (Å²) in [5.74, 6) is -0.755. The Bertz CT molecular complexity index is 586. The highest BCUT2D eigenvalue weighted by molar-refractivity contribution is 5.95. The Morgan fingerprint density at radius 1 is 1.21 bits per heavy atom. The number of benzene rings is 1. The summed E-state index contributed by atoms with van der Waals surface area (Å²) in [6, 6.07) is 5.09. The van der Waals surface area contributed by atoms with Crippen molar-refractivity contribution in [3.63, 3.8) is 0 Å². The third-order valence-electron chi connectivity index (χ3n) is 3.13. The van der Waals surface area contributed by atoms with Gasteiger partial charge in [-0.3, -0.25) is 0 Å². The molecule has 0 fully saturated rings. The third kappa shape index (κ3) is 6.28. The molecule has 0 radical (unpaired) electrons. The summed E-state index contributed by atoms with van der Waals surface area (Å²) >= 11 is 0. The van der Waals surface area contributed by atoms with Crippen molar-refractivity contribution >= 4 is 23.7 Å². The topological polar surface area (TPSA) is 93.7 Å². The Balaban J connectivity index is 2.74. The Hall–Kier alpha value is -2.57. The summed E-state index contributed by atoms with van der Waals surface area (Å²) < 4.78 is 9.61. The van der Waals surface area contributed by atoms with Crippen LogP contribution in [0.2, 0.25) is 0 Å². The van der Waals surface area contributed by atoms with Crippen LogP contribution in [0.4, 0.5) is 10.5 Å². The zero-order valence-corrected chi connectivity index (χ0v) is 14.4. The zero-order chi connectivity index (χ0) is 18.1. The van der Waals surface area contributed by atoms with Crippen LogP contribution in [-0.2, 0) is 14.3 Å². The van der Waals surface area contributed by atoms with Crippen molar-refractivity contribution in [3.05, 3.63) is 29.8 Å². The van der Waals surface area contributed by atoms with Crippen LogP contribution in [0, 0.1) is 5.92 Å². The van der Waals surface area contributed by atoms with Gasteiger partial charge in [0, 0.05) is 5.69 Å². The normalized spacial score (nSPS) is 11.5. The maximum absolute atomic E-state index is 12.1. The quantitative estimate of drug-likeness (QED) is 0.746. The molecule has 132 valence electrons. The van der Waals surface area contributed by atoms with Gasteiger partial charge < -0.3 is 20.1 Å². The van der Waals surface area contributed by atoms with Gasteiger partial charge in [0.1, 0.15) is 6.04 Å². The van der Waals surface area contributed by atoms with Gasteiger partial charge in [0.15, 0.2) is 0 Å². The summed E-state index contributed by atoms with van der Waals surface area (Å²) in [4.78, 5) is 35.5. The lowest BCUT2D eigenvalue weighted by Gasteiger charge is -2.18. The minimum atomic E-state index is -0.733. The number of hydrogen-bond acceptors (Lipinski definition) is 5. The van der Waals surface area contributed by atoms with Gasteiger partial charge in [-0.15, -0.1) is 0 Å². The van der Waals surface area contributed by atoms with Gasteiger partial charge in [-0.2, -0.15) is 0 Å². The van der Waals surface area contributed by atoms with Gasteiger partial charge >= 0.3 is 18.0 Å². The number of urea groups is 1. The smallest absolute Gasteiger partial charge is 0.338 e. The second kappa shape index (κ2) is 9.54. The molecule has 0 aliphatic heterocycles. The molecule has 1 aromatic carbocycles. The molecular formula is C17H24N2O5. The fourth-order valence-corrected chi connectivity index (χ4v) is 2.09. The zero-order valence-electron chi connectivity index (χ0n) is 14.4. The van der Waals surface area contributed by atoms with E-state index in [1.807, 2.05) is 13.8 Å². The maximum atomic E-state index is 12.1. The molecule has 0 bridgehead atoms. The fourth-order valence-electron chi connectivity index (χ4n) is 2.09. The van der Waals surface area contributed by atoms with E-state index in [-0.39, 0.29) is 12.5 Å². The molecule has 0 aliphatic carbocycles. The van der Waals surface area contributed by atoms with Crippen molar-refractivity contribution in [3.8, 4) is 0 Å². The maximum Gasteiger partial charge on any atom is 0.338 e. The lowest BCUT2D eigenvalue weighted by atomic mass is 10.0. The Kier molecular flexibility index (Phi) is 7.74. The van der Waals surface area contributed by atoms with Crippen LogP contribution in [0.1, 0.15) is 37.6 Å². The highest BCUT2D eigenvalue weighted by Gasteiger charge is 2.22. The largest absolute Gasteiger partial charge is 0.467 e. The number of nitrogens with one attached hydrogen (secondary N) is 2. The van der Waals surface area contributed by atoms with Crippen LogP contribution in [0.25, 0.3) is 0 Å². The van der Waals surface area contributed by atoms with Crippen molar-refractivity contribution < 1.29 is 23.9 Å². The summed E-state index contributed by atoms with van der Waals surface area (Å²) in [7, 11) is 1.28. The van der Waals surface area contributed by atoms with Gasteiger partial charge in [0.05, 0.1) is 19.3 Å². The minimum Gasteiger partial charge on any atom is -0.467 e. The van der Waals surface area contributed by atoms with E-state index in [1.54, 1.807) is 25.1 Å². The molecule has 0 aliphatic rings. The molecule has 1 atom stereocenters. The van der Waals surface area contributed by atoms with Gasteiger partial charge in [0.2, 0.25) is 0 Å². The number of anilines is 1. The summed E-state index contributed by atoms with van der Waals surface area (Å²) in [5, 5.41) is 5.18. The first kappa shape index (κ1) is 19.5. The van der Waals surface area contributed by atoms with Gasteiger partial charge in [-0.05, 0) is 37.5 Å². The third-order valence-corrected chi connectivity index (χ3v) is 3.13. The monoisotopic (exact) mass is 336 g/mol. The molecule has 0 saturated heterocycles. The van der Waals surface area contributed by atoms with Crippen molar-refractivity contribution in [1.82, 2.24) is 5.32 Å². The molecule has 2 amide bonds. The first-order chi connectivity index (χ1) is 11.4. The van der Waals surface area contributed by atoms with Crippen molar-refractivity contribution in [2.45, 2.75) is 33.2 Å². The van der Waals surface area contributed by atoms with E-state index in [0.717, 1.165) is 0 Å². The first-order valence-electron chi connectivity index (χ1n) is 7.79. The Labute approximate surface area is 141 Å². The van der Waals surface area contributed by atoms with E-state index in [1.165, 1.54) is 13.2 Å². The predicted octanol–water partition coefficient (Wildman–Crippen LogP) is 2.57. The average molecular weight is 336 g/mol. The second-order valence-electron chi connectivity index (χ2n) is 5.61. The molecule has 0 spiro atoms. The summed E-state index contributed by atoms with van der Waals surface area (Å²) in [6.45, 7) is 5.87. The molecule has 1 rings (SSSR count). The van der Waals surface area contributed by atoms with Crippen LogP contribution < -0.4 is 10.6 Å². The molecule has 2 N–H and O–H groups in total. The molecule has 0 aromatic heterocycles. The molecule has 1 aromatic rings. The SMILES string of the molecule is CCOC(=O)c1cccc(NC(=O)N[C@@H](CC(C)C)C(=O)OC)c1. The number of carbonyl (C=O) groups excluding carboxylic acids is 3. The second-order valence-corrected chi connectivity index (χ2v) is 5.61. The molecule has 7 nitrogen and oxygen atoms in total. The highest BCUT2D eigenvalue weighted by Crippen LogP contribution is 2.12. The summed E-state index contributed by atoms with van der Waals surface area (Å²) in [6.07, 6.45) is 0.461. The fraction of sp³-hybridized carbons (Fsp3) is 0.471. The number of methoxy groups -OCH3 is 1. The lowest BCUT2D eigenvalue weighted by molar-refractivity contribution is -0.143. The van der Waals surface area contributed by atoms with Crippen LogP contribution in [0.5, 0.6) is 0 Å². The Morgan fingerprint density at radius 3 is 2.50 bits per heavy atom. The van der Waals surface area contributed by atoms with E-state index < -0.39 is 24.0 Å². The highest BCUT2D eigenvalue weighted by atomic mass is 16.5. The first-order valence-corrected chi connectivity index (χ1v) is 7.79. The van der Waals surface area contributed by atoms with E-state index in [4.69, 9.17) is 9.47 Å². The molecule has 0 saturated carbocycles. The van der Waals surface area contributed by atoms with Gasteiger partial charge in [0.25, 0.3) is 0 Å². The molecule has 0 heterocycles. The average Bonchev–Trinajstić information content (AvgIpc) is 2.53. The van der Waals surface area contributed by atoms with E-state index in [2.05, 4.69) is 10.6 Å². The molecule has 7 heteroatoms. The number of amides is 2. The van der Waals surface area contributed by atoms with Gasteiger partial charge in [-0.25, -0.2) is 14.4 Å². The Morgan fingerprint density at radius 2 is 1.92 bits per heavy atom. The number of rotatable bonds is 7. The van der Waals surface area contributed by atoms with Crippen LogP contribution in [0.15, 0.2) is 24.3 Å². The predicted molar refractivity (Wildman–Crippen MR) is 89.8 cm³/mol. The molecule has 0 unspecified atom stereocenters. The lowest BCUT2D eigenvalue weighted by Crippen LogP contribution is -2.44. The number of carbonyl (C=O) groups is 3. The van der Waals surface area contributed by atoms with Crippen molar-refractivity contribution in [2.75, 3.05) is 19.0 Å². The van der Waals surface area contributed by atoms with Gasteiger partial charge in [-0.1, -0.05) is 19.9 Å². The number of hydrogen-bond donors (Lipinski definition) is 2. The summed E-state index contributed by atoms with van der Waals surface area (Å²) in [5.41, 5.74) is 0.757. The van der Waals surface area contributed by atoms with Crippen LogP contribution in [-0.4, -0.2) is 37.7 Å². The molecular weight excluding hydrogens is 312 g/mol. The van der Waals surface area contributed by atoms with Crippen LogP contribution in [0.3, 0.4) is 0 Å².